The minimum Gasteiger partial charge on any atom is -0.368 e. The number of nitrogens with one attached hydrogen (secondary N) is 1. The number of H-pyrrole nitrogens is 1. The van der Waals surface area contributed by atoms with Gasteiger partial charge in [-0.15, -0.1) is 0 Å². The lowest BCUT2D eigenvalue weighted by atomic mass is 10.2. The van der Waals surface area contributed by atoms with Crippen LogP contribution in [0.5, 0.6) is 0 Å². The van der Waals surface area contributed by atoms with Crippen molar-refractivity contribution >= 4 is 17.5 Å². The quantitative estimate of drug-likeness (QED) is 0.756. The van der Waals surface area contributed by atoms with Gasteiger partial charge in [-0.2, -0.15) is 9.97 Å². The maximum Gasteiger partial charge on any atom is 0.349 e. The summed E-state index contributed by atoms with van der Waals surface area (Å²) in [6.45, 7) is 0. The molecule has 0 atom stereocenters. The van der Waals surface area contributed by atoms with E-state index in [1.165, 1.54) is 0 Å². The molecule has 76 valence electrons. The number of halogens is 1. The van der Waals surface area contributed by atoms with E-state index in [1.807, 2.05) is 0 Å². The monoisotopic (exact) mass is 222 g/mol. The van der Waals surface area contributed by atoms with Crippen LogP contribution in [0, 0.1) is 0 Å². The van der Waals surface area contributed by atoms with Crippen LogP contribution in [0.1, 0.15) is 0 Å². The lowest BCUT2D eigenvalue weighted by Gasteiger charge is -2.00. The molecule has 0 unspecified atom stereocenters. The van der Waals surface area contributed by atoms with Crippen molar-refractivity contribution in [3.63, 3.8) is 0 Å². The summed E-state index contributed by atoms with van der Waals surface area (Å²) in [7, 11) is 0. The van der Waals surface area contributed by atoms with Crippen LogP contribution in [0.2, 0.25) is 5.02 Å². The summed E-state index contributed by atoms with van der Waals surface area (Å²) in [5.41, 5.74) is 5.56. The summed E-state index contributed by atoms with van der Waals surface area (Å²) in [6, 6.07) is 6.88. The molecule has 5 nitrogen and oxygen atoms in total. The van der Waals surface area contributed by atoms with Crippen molar-refractivity contribution in [1.82, 2.24) is 15.0 Å². The average Bonchev–Trinajstić information content (AvgIpc) is 2.17. The Hall–Kier alpha value is -1.88. The largest absolute Gasteiger partial charge is 0.368 e. The first-order valence-electron chi connectivity index (χ1n) is 4.15. The highest BCUT2D eigenvalue weighted by Gasteiger charge is 2.02. The molecule has 0 aliphatic heterocycles. The Morgan fingerprint density at radius 1 is 1.20 bits per heavy atom. The van der Waals surface area contributed by atoms with Crippen LogP contribution < -0.4 is 11.4 Å². The summed E-state index contributed by atoms with van der Waals surface area (Å²) in [6.07, 6.45) is 0. The summed E-state index contributed by atoms with van der Waals surface area (Å²) in [5.74, 6) is 0.327. The smallest absolute Gasteiger partial charge is 0.349 e. The number of anilines is 1. The molecular formula is C9H7ClN4O. The molecule has 6 heteroatoms. The highest BCUT2D eigenvalue weighted by Crippen LogP contribution is 2.16. The topological polar surface area (TPSA) is 84.7 Å². The molecule has 2 aromatic rings. The minimum absolute atomic E-state index is 0.0521. The van der Waals surface area contributed by atoms with E-state index in [1.54, 1.807) is 24.3 Å². The number of nitrogens with two attached hydrogens (primary N) is 1. The SMILES string of the molecule is Nc1nc(-c2ccc(Cl)cc2)[nH]c(=O)n1. The van der Waals surface area contributed by atoms with Gasteiger partial charge in [-0.3, -0.25) is 4.98 Å². The lowest BCUT2D eigenvalue weighted by Crippen LogP contribution is -2.15. The van der Waals surface area contributed by atoms with E-state index in [9.17, 15) is 4.79 Å². The first-order chi connectivity index (χ1) is 7.15. The first kappa shape index (κ1) is 9.67. The standard InChI is InChI=1S/C9H7ClN4O/c10-6-3-1-5(2-4-6)7-12-8(11)14-9(15)13-7/h1-4H,(H3,11,12,13,14,15). The third-order valence-electron chi connectivity index (χ3n) is 1.79. The fourth-order valence-electron chi connectivity index (χ4n) is 1.15. The highest BCUT2D eigenvalue weighted by molar-refractivity contribution is 6.30. The number of aromatic amines is 1. The lowest BCUT2D eigenvalue weighted by molar-refractivity contribution is 1.01. The van der Waals surface area contributed by atoms with E-state index in [0.717, 1.165) is 5.56 Å². The van der Waals surface area contributed by atoms with E-state index in [2.05, 4.69) is 15.0 Å². The molecule has 15 heavy (non-hydrogen) atoms. The van der Waals surface area contributed by atoms with E-state index in [-0.39, 0.29) is 5.95 Å². The number of benzene rings is 1. The molecule has 0 aliphatic carbocycles. The van der Waals surface area contributed by atoms with Crippen molar-refractivity contribution in [1.29, 1.82) is 0 Å². The van der Waals surface area contributed by atoms with Gasteiger partial charge in [0.05, 0.1) is 0 Å². The highest BCUT2D eigenvalue weighted by atomic mass is 35.5. The Morgan fingerprint density at radius 3 is 2.47 bits per heavy atom. The van der Waals surface area contributed by atoms with Crippen molar-refractivity contribution < 1.29 is 0 Å². The Bertz CT molecular complexity index is 535. The second kappa shape index (κ2) is 3.70. The third-order valence-corrected chi connectivity index (χ3v) is 2.04. The average molecular weight is 223 g/mol. The molecule has 0 bridgehead atoms. The van der Waals surface area contributed by atoms with Gasteiger partial charge in [0, 0.05) is 10.6 Å². The second-order valence-electron chi connectivity index (χ2n) is 2.87. The Balaban J connectivity index is 2.54. The molecule has 0 amide bonds. The second-order valence-corrected chi connectivity index (χ2v) is 3.30. The zero-order valence-corrected chi connectivity index (χ0v) is 8.32. The predicted molar refractivity (Wildman–Crippen MR) is 57.5 cm³/mol. The first-order valence-corrected chi connectivity index (χ1v) is 4.53. The van der Waals surface area contributed by atoms with Gasteiger partial charge in [0.15, 0.2) is 0 Å². The molecular weight excluding hydrogens is 216 g/mol. The third kappa shape index (κ3) is 2.13. The summed E-state index contributed by atoms with van der Waals surface area (Å²) >= 11 is 5.73. The number of hydrogen-bond acceptors (Lipinski definition) is 4. The maximum atomic E-state index is 11.0. The van der Waals surface area contributed by atoms with Crippen LogP contribution in [0.4, 0.5) is 5.95 Å². The maximum absolute atomic E-state index is 11.0. The molecule has 0 saturated carbocycles. The van der Waals surface area contributed by atoms with Gasteiger partial charge in [-0.1, -0.05) is 11.6 Å². The molecule has 3 N–H and O–H groups in total. The number of rotatable bonds is 1. The van der Waals surface area contributed by atoms with Gasteiger partial charge in [-0.05, 0) is 24.3 Å². The zero-order chi connectivity index (χ0) is 10.8. The van der Waals surface area contributed by atoms with E-state index >= 15 is 0 Å². The van der Waals surface area contributed by atoms with E-state index in [0.29, 0.717) is 10.8 Å². The van der Waals surface area contributed by atoms with Crippen molar-refractivity contribution in [3.8, 4) is 11.4 Å². The van der Waals surface area contributed by atoms with E-state index < -0.39 is 5.69 Å². The molecule has 0 aliphatic rings. The summed E-state index contributed by atoms with van der Waals surface area (Å²) < 4.78 is 0. The molecule has 2 rings (SSSR count). The van der Waals surface area contributed by atoms with Crippen molar-refractivity contribution in [2.24, 2.45) is 0 Å². The molecule has 1 aromatic heterocycles. The Kier molecular flexibility index (Phi) is 2.39. The summed E-state index contributed by atoms with van der Waals surface area (Å²) in [4.78, 5) is 20.8. The number of hydrogen-bond donors (Lipinski definition) is 2. The van der Waals surface area contributed by atoms with Gasteiger partial charge in [0.1, 0.15) is 5.82 Å². The van der Waals surface area contributed by atoms with Crippen LogP contribution in [-0.2, 0) is 0 Å². The van der Waals surface area contributed by atoms with Crippen LogP contribution in [0.25, 0.3) is 11.4 Å². The van der Waals surface area contributed by atoms with Gasteiger partial charge in [0.25, 0.3) is 0 Å². The van der Waals surface area contributed by atoms with Crippen LogP contribution in [-0.4, -0.2) is 15.0 Å². The minimum atomic E-state index is -0.521. The van der Waals surface area contributed by atoms with Gasteiger partial charge < -0.3 is 5.73 Å². The van der Waals surface area contributed by atoms with Gasteiger partial charge in [0.2, 0.25) is 5.95 Å². The number of nitrogen functional groups attached to an aromatic ring is 1. The number of aromatic nitrogens is 3. The fourth-order valence-corrected chi connectivity index (χ4v) is 1.27. The van der Waals surface area contributed by atoms with Gasteiger partial charge >= 0.3 is 5.69 Å². The molecule has 0 radical (unpaired) electrons. The van der Waals surface area contributed by atoms with Crippen molar-refractivity contribution in [2.45, 2.75) is 0 Å². The van der Waals surface area contributed by atoms with Crippen LogP contribution in [0.15, 0.2) is 29.1 Å². The molecule has 1 heterocycles. The van der Waals surface area contributed by atoms with Crippen molar-refractivity contribution in [2.75, 3.05) is 5.73 Å². The Labute approximate surface area is 90.0 Å². The van der Waals surface area contributed by atoms with Gasteiger partial charge in [-0.25, -0.2) is 4.79 Å². The van der Waals surface area contributed by atoms with Crippen LogP contribution >= 0.6 is 11.6 Å². The number of nitrogens with zero attached hydrogens (tertiary/aromatic N) is 2. The van der Waals surface area contributed by atoms with Crippen LogP contribution in [0.3, 0.4) is 0 Å². The van der Waals surface area contributed by atoms with E-state index in [4.69, 9.17) is 17.3 Å². The molecule has 0 saturated heterocycles. The molecule has 0 fully saturated rings. The fraction of sp³-hybridized carbons (Fsp3) is 0. The molecule has 0 spiro atoms. The zero-order valence-electron chi connectivity index (χ0n) is 7.57. The summed E-state index contributed by atoms with van der Waals surface area (Å²) in [5, 5.41) is 0.614. The predicted octanol–water partition coefficient (Wildman–Crippen LogP) is 1.07. The van der Waals surface area contributed by atoms with Crippen molar-refractivity contribution in [3.05, 3.63) is 39.8 Å². The molecule has 1 aromatic carbocycles. The Morgan fingerprint density at radius 2 is 1.87 bits per heavy atom. The normalized spacial score (nSPS) is 10.2.